The Morgan fingerprint density at radius 2 is 1.98 bits per heavy atom. The van der Waals surface area contributed by atoms with Crippen LogP contribution in [0.1, 0.15) is 77.8 Å². The number of aryl methyl sites for hydroxylation is 2. The molecule has 2 aromatic carbocycles. The zero-order valence-electron chi connectivity index (χ0n) is 29.4. The lowest BCUT2D eigenvalue weighted by molar-refractivity contribution is -0.122. The highest BCUT2D eigenvalue weighted by molar-refractivity contribution is 7.93. The van der Waals surface area contributed by atoms with Crippen molar-refractivity contribution in [3.63, 3.8) is 0 Å². The van der Waals surface area contributed by atoms with Crippen LogP contribution in [0.5, 0.6) is 11.6 Å². The van der Waals surface area contributed by atoms with Crippen LogP contribution in [-0.4, -0.2) is 63.6 Å². The van der Waals surface area contributed by atoms with Crippen LogP contribution in [0.15, 0.2) is 59.1 Å². The number of nitrogens with one attached hydrogen (secondary N) is 1. The first-order valence-electron chi connectivity index (χ1n) is 17.6. The van der Waals surface area contributed by atoms with Gasteiger partial charge in [0.15, 0.2) is 5.78 Å². The molecule has 270 valence electrons. The Hall–Kier alpha value is -4.16. The van der Waals surface area contributed by atoms with Gasteiger partial charge in [-0.3, -0.25) is 23.8 Å². The Balaban J connectivity index is 1.32. The predicted octanol–water partition coefficient (Wildman–Crippen LogP) is 6.09. The van der Waals surface area contributed by atoms with Gasteiger partial charge in [-0.1, -0.05) is 30.7 Å². The Bertz CT molecular complexity index is 2050. The molecule has 1 spiro atoms. The maximum Gasteiger partial charge on any atom is 0.286 e. The number of aromatic nitrogens is 2. The molecule has 3 heterocycles. The molecule has 2 bridgehead atoms. The number of anilines is 1. The molecule has 1 unspecified atom stereocenters. The molecule has 1 saturated carbocycles. The van der Waals surface area contributed by atoms with E-state index >= 15 is 0 Å². The number of carbonyl (C=O) groups excluding carboxylic acids is 3. The molecule has 3 aromatic rings. The third kappa shape index (κ3) is 6.68. The molecule has 2 aliphatic carbocycles. The van der Waals surface area contributed by atoms with Crippen molar-refractivity contribution in [2.45, 2.75) is 63.0 Å². The number of amides is 2. The van der Waals surface area contributed by atoms with E-state index in [1.165, 1.54) is 29.1 Å². The van der Waals surface area contributed by atoms with Crippen molar-refractivity contribution < 1.29 is 28.1 Å². The molecule has 1 N–H and O–H groups in total. The number of ketones is 1. The average Bonchev–Trinajstić information content (AvgIpc) is 3.41. The second-order valence-electron chi connectivity index (χ2n) is 14.6. The minimum absolute atomic E-state index is 0.0567. The van der Waals surface area contributed by atoms with Crippen molar-refractivity contribution in [2.24, 2.45) is 29.2 Å². The lowest BCUT2D eigenvalue weighted by atomic mass is 9.68. The highest BCUT2D eigenvalue weighted by Gasteiger charge is 2.44. The van der Waals surface area contributed by atoms with E-state index in [4.69, 9.17) is 21.1 Å². The zero-order chi connectivity index (χ0) is 36.1. The van der Waals surface area contributed by atoms with E-state index < -0.39 is 27.0 Å². The monoisotopic (exact) mass is 733 g/mol. The van der Waals surface area contributed by atoms with Gasteiger partial charge in [-0.25, -0.2) is 4.21 Å². The number of hydrogen-bond donors (Lipinski definition) is 1. The first kappa shape index (κ1) is 35.3. The van der Waals surface area contributed by atoms with Crippen LogP contribution < -0.4 is 19.1 Å². The van der Waals surface area contributed by atoms with Gasteiger partial charge in [-0.05, 0) is 105 Å². The van der Waals surface area contributed by atoms with Crippen molar-refractivity contribution >= 4 is 44.8 Å². The smallest absolute Gasteiger partial charge is 0.286 e. The summed E-state index contributed by atoms with van der Waals surface area (Å²) in [5, 5.41) is 4.08. The number of rotatable bonds is 3. The Labute approximate surface area is 304 Å². The summed E-state index contributed by atoms with van der Waals surface area (Å²) in [6.07, 6.45) is 9.93. The topological polar surface area (TPSA) is 132 Å². The minimum Gasteiger partial charge on any atom is -0.490 e. The van der Waals surface area contributed by atoms with Crippen LogP contribution in [-0.2, 0) is 33.6 Å². The number of carbonyl (C=O) groups is 3. The maximum atomic E-state index is 14.8. The molecule has 2 amide bonds. The number of hydrogen-bond acceptors (Lipinski definition) is 8. The van der Waals surface area contributed by atoms with Crippen LogP contribution >= 0.6 is 11.6 Å². The number of methoxy groups -OCH3 is 1. The molecule has 2 aliphatic heterocycles. The van der Waals surface area contributed by atoms with Gasteiger partial charge >= 0.3 is 0 Å². The van der Waals surface area contributed by atoms with Gasteiger partial charge in [0.1, 0.15) is 21.2 Å². The number of allylic oxidation sites excluding steroid dienone is 2. The van der Waals surface area contributed by atoms with Gasteiger partial charge in [0.25, 0.3) is 11.8 Å². The van der Waals surface area contributed by atoms with E-state index in [0.717, 1.165) is 37.8 Å². The van der Waals surface area contributed by atoms with E-state index in [-0.39, 0.29) is 46.0 Å². The van der Waals surface area contributed by atoms with Gasteiger partial charge in [-0.2, -0.15) is 0 Å². The predicted molar refractivity (Wildman–Crippen MR) is 196 cm³/mol. The van der Waals surface area contributed by atoms with Gasteiger partial charge < -0.3 is 14.4 Å². The molecule has 4 aliphatic rings. The summed E-state index contributed by atoms with van der Waals surface area (Å²) in [5.41, 5.74) is 3.13. The van der Waals surface area contributed by atoms with Crippen LogP contribution in [0.2, 0.25) is 5.02 Å². The molecule has 0 radical (unpaired) electrons. The van der Waals surface area contributed by atoms with E-state index in [2.05, 4.69) is 31.2 Å². The lowest BCUT2D eigenvalue weighted by Crippen LogP contribution is -2.49. The highest BCUT2D eigenvalue weighted by atomic mass is 35.5. The van der Waals surface area contributed by atoms with E-state index in [1.54, 1.807) is 38.2 Å². The summed E-state index contributed by atoms with van der Waals surface area (Å²) in [5.74, 6) is -0.934. The number of benzene rings is 2. The van der Waals surface area contributed by atoms with Crippen LogP contribution in [0.4, 0.5) is 5.69 Å². The van der Waals surface area contributed by atoms with Gasteiger partial charge in [0, 0.05) is 48.3 Å². The molecular weight excluding hydrogens is 690 g/mol. The molecule has 6 atom stereocenters. The fourth-order valence-corrected chi connectivity index (χ4v) is 10.1. The zero-order valence-corrected chi connectivity index (χ0v) is 31.0. The largest absolute Gasteiger partial charge is 0.490 e. The van der Waals surface area contributed by atoms with Crippen molar-refractivity contribution in [2.75, 3.05) is 31.7 Å². The van der Waals surface area contributed by atoms with Crippen molar-refractivity contribution in [1.29, 1.82) is 0 Å². The molecule has 1 fully saturated rings. The first-order chi connectivity index (χ1) is 24.4. The Morgan fingerprint density at radius 3 is 2.75 bits per heavy atom. The first-order valence-corrected chi connectivity index (χ1v) is 19.6. The second-order valence-corrected chi connectivity index (χ2v) is 17.3. The summed E-state index contributed by atoms with van der Waals surface area (Å²) in [4.78, 5) is 43.5. The van der Waals surface area contributed by atoms with Gasteiger partial charge in [0.05, 0.1) is 24.7 Å². The molecule has 13 heteroatoms. The normalized spacial score (nSPS) is 29.8. The van der Waals surface area contributed by atoms with Gasteiger partial charge in [-0.15, -0.1) is 9.46 Å². The van der Waals surface area contributed by atoms with E-state index in [0.29, 0.717) is 36.9 Å². The third-order valence-corrected chi connectivity index (χ3v) is 13.9. The summed E-state index contributed by atoms with van der Waals surface area (Å²) >= 11 is 6.43. The van der Waals surface area contributed by atoms with Crippen LogP contribution in [0.3, 0.4) is 0 Å². The van der Waals surface area contributed by atoms with Crippen LogP contribution in [0, 0.1) is 17.8 Å². The molecule has 1 aromatic heterocycles. The summed E-state index contributed by atoms with van der Waals surface area (Å²) in [6.45, 7) is 5.27. The summed E-state index contributed by atoms with van der Waals surface area (Å²) < 4.78 is 35.0. The lowest BCUT2D eigenvalue weighted by Gasteiger charge is -2.44. The molecular formula is C38H44ClN5O6S. The maximum absolute atomic E-state index is 14.8. The molecule has 7 rings (SSSR count). The van der Waals surface area contributed by atoms with Gasteiger partial charge in [0.2, 0.25) is 5.88 Å². The number of halogens is 1. The number of fused-ring (bicyclic) bond motifs is 4. The Morgan fingerprint density at radius 1 is 1.16 bits per heavy atom. The third-order valence-electron chi connectivity index (χ3n) is 11.3. The van der Waals surface area contributed by atoms with Crippen molar-refractivity contribution in [3.05, 3.63) is 82.0 Å². The number of nitrogens with zero attached hydrogens (tertiary/aromatic N) is 4. The van der Waals surface area contributed by atoms with Crippen molar-refractivity contribution in [3.8, 4) is 11.6 Å². The molecule has 0 saturated heterocycles. The van der Waals surface area contributed by atoms with Crippen LogP contribution in [0.25, 0.3) is 0 Å². The average molecular weight is 734 g/mol. The highest BCUT2D eigenvalue weighted by Crippen LogP contribution is 2.46. The molecule has 51 heavy (non-hydrogen) atoms. The quantitative estimate of drug-likeness (QED) is 0.342. The fourth-order valence-electron chi connectivity index (χ4n) is 8.06. The Kier molecular flexibility index (Phi) is 9.51. The second kappa shape index (κ2) is 13.8. The number of ether oxygens (including phenoxy) is 2. The summed E-state index contributed by atoms with van der Waals surface area (Å²) in [6, 6.07) is 11.3. The standard InChI is InChI=1S/C38H44ClN5O6S/c1-23-7-5-9-33(45)29-13-10-27(29)19-44-21-38(16-6-8-25-17-28(39)12-14-31(25)38)22-50-34-15-11-26(18-32(34)44)35(46)41-51(48,24(23)2)42-36(47)30-20-43(3)40-37(30)49-4/h5,9,11-12,14-15,17-18,20,23-24,27,29H,6-8,10,13,16,19,21-22H2,1-4H3,(H,41,42,46,47,48)/b9-5+/t23-,24+,27-,29+,38-,51?/m0/s1. The van der Waals surface area contributed by atoms with E-state index in [9.17, 15) is 18.6 Å². The van der Waals surface area contributed by atoms with Crippen molar-refractivity contribution in [1.82, 2.24) is 14.5 Å². The summed E-state index contributed by atoms with van der Waals surface area (Å²) in [7, 11) is -0.694. The SMILES string of the molecule is COc1nn(C)cc1C(=O)NS1(=O)=NC(=O)c2ccc3c(c2)N(C[C@@H]2CC[C@H]2C(=O)/C=C/C[C@H](C)[C@H]1C)C[C@@]1(CCCc2cc(Cl)ccc21)CO3. The fraction of sp³-hybridized carbons (Fsp3) is 0.474. The van der Waals surface area contributed by atoms with E-state index in [1.807, 2.05) is 19.1 Å². The molecule has 11 nitrogen and oxygen atoms in total. The minimum atomic E-state index is -3.72.